The van der Waals surface area contributed by atoms with Crippen LogP contribution < -0.4 is 5.73 Å². The average Bonchev–Trinajstić information content (AvgIpc) is 2.14. The lowest BCUT2D eigenvalue weighted by Crippen LogP contribution is -2.18. The highest BCUT2D eigenvalue weighted by Gasteiger charge is 2.38. The van der Waals surface area contributed by atoms with Gasteiger partial charge in [0.2, 0.25) is 0 Å². The molecule has 15 heavy (non-hydrogen) atoms. The summed E-state index contributed by atoms with van der Waals surface area (Å²) in [6.07, 6.45) is -3.72. The largest absolute Gasteiger partial charge is 0.464 e. The van der Waals surface area contributed by atoms with Crippen LogP contribution in [-0.2, 0) is 10.9 Å². The molecule has 0 aromatic carbocycles. The van der Waals surface area contributed by atoms with Gasteiger partial charge in [-0.3, -0.25) is 0 Å². The van der Waals surface area contributed by atoms with Gasteiger partial charge in [0, 0.05) is 11.9 Å². The molecule has 0 radical (unpaired) electrons. The van der Waals surface area contributed by atoms with Gasteiger partial charge in [-0.15, -0.1) is 0 Å². The molecule has 0 saturated carbocycles. The van der Waals surface area contributed by atoms with Crippen LogP contribution in [0, 0.1) is 0 Å². The van der Waals surface area contributed by atoms with Crippen molar-refractivity contribution < 1.29 is 22.7 Å². The summed E-state index contributed by atoms with van der Waals surface area (Å²) >= 11 is 0. The van der Waals surface area contributed by atoms with E-state index < -0.39 is 29.1 Å². The quantitative estimate of drug-likeness (QED) is 0.728. The molecule has 0 saturated heterocycles. The van der Waals surface area contributed by atoms with Crippen LogP contribution >= 0.6 is 0 Å². The second-order valence-electron chi connectivity index (χ2n) is 2.61. The molecule has 1 aromatic rings. The molecule has 7 heteroatoms. The Bertz CT molecular complexity index is 390. The van der Waals surface area contributed by atoms with Crippen LogP contribution in [0.4, 0.5) is 18.9 Å². The topological polar surface area (TPSA) is 65.2 Å². The summed E-state index contributed by atoms with van der Waals surface area (Å²) < 4.78 is 41.6. The van der Waals surface area contributed by atoms with E-state index in [1.165, 1.54) is 0 Å². The highest BCUT2D eigenvalue weighted by Crippen LogP contribution is 2.35. The molecule has 0 aliphatic carbocycles. The Hall–Kier alpha value is -1.79. The van der Waals surface area contributed by atoms with Crippen LogP contribution in [0.15, 0.2) is 12.3 Å². The number of hydrogen-bond acceptors (Lipinski definition) is 4. The number of pyridine rings is 1. The van der Waals surface area contributed by atoms with Crippen LogP contribution in [0.2, 0.25) is 0 Å². The number of hydrogen-bond donors (Lipinski definition) is 1. The molecule has 4 nitrogen and oxygen atoms in total. The molecule has 1 heterocycles. The first-order chi connectivity index (χ1) is 6.88. The van der Waals surface area contributed by atoms with Crippen LogP contribution in [0.5, 0.6) is 0 Å². The number of carbonyl (C=O) groups excluding carboxylic acids is 1. The van der Waals surface area contributed by atoms with Gasteiger partial charge in [-0.1, -0.05) is 0 Å². The van der Waals surface area contributed by atoms with Crippen LogP contribution in [-0.4, -0.2) is 18.1 Å². The lowest BCUT2D eigenvalue weighted by Gasteiger charge is -2.12. The van der Waals surface area contributed by atoms with Gasteiger partial charge in [0.05, 0.1) is 7.11 Å². The van der Waals surface area contributed by atoms with Crippen molar-refractivity contribution in [2.24, 2.45) is 0 Å². The van der Waals surface area contributed by atoms with E-state index in [2.05, 4.69) is 9.72 Å². The summed E-state index contributed by atoms with van der Waals surface area (Å²) in [6, 6.07) is 0.968. The highest BCUT2D eigenvalue weighted by molar-refractivity contribution is 5.90. The Morgan fingerprint density at radius 2 is 2.13 bits per heavy atom. The zero-order valence-corrected chi connectivity index (χ0v) is 7.63. The second-order valence-corrected chi connectivity index (χ2v) is 2.61. The highest BCUT2D eigenvalue weighted by atomic mass is 19.4. The summed E-state index contributed by atoms with van der Waals surface area (Å²) in [7, 11) is 0.966. The maximum atomic E-state index is 12.5. The molecule has 82 valence electrons. The molecule has 2 N–H and O–H groups in total. The maximum Gasteiger partial charge on any atom is 0.420 e. The van der Waals surface area contributed by atoms with E-state index >= 15 is 0 Å². The number of halogens is 3. The van der Waals surface area contributed by atoms with E-state index in [1.807, 2.05) is 0 Å². The Morgan fingerprint density at radius 3 is 2.60 bits per heavy atom. The van der Waals surface area contributed by atoms with E-state index in [1.54, 1.807) is 0 Å². The van der Waals surface area contributed by atoms with Crippen LogP contribution in [0.25, 0.3) is 0 Å². The zero-order valence-electron chi connectivity index (χ0n) is 7.63. The van der Waals surface area contributed by atoms with Crippen molar-refractivity contribution in [3.8, 4) is 0 Å². The summed E-state index contributed by atoms with van der Waals surface area (Å²) in [5, 5.41) is 0. The third-order valence-corrected chi connectivity index (χ3v) is 1.65. The van der Waals surface area contributed by atoms with Crippen molar-refractivity contribution in [3.63, 3.8) is 0 Å². The number of aromatic nitrogens is 1. The minimum atomic E-state index is -4.73. The van der Waals surface area contributed by atoms with Gasteiger partial charge in [0.15, 0.2) is 5.69 Å². The van der Waals surface area contributed by atoms with E-state index in [-0.39, 0.29) is 0 Å². The average molecular weight is 220 g/mol. The monoisotopic (exact) mass is 220 g/mol. The van der Waals surface area contributed by atoms with Gasteiger partial charge in [-0.05, 0) is 6.07 Å². The first kappa shape index (κ1) is 11.3. The number of nitrogen functional groups attached to an aromatic ring is 1. The summed E-state index contributed by atoms with van der Waals surface area (Å²) in [4.78, 5) is 14.3. The van der Waals surface area contributed by atoms with Crippen molar-refractivity contribution >= 4 is 11.7 Å². The minimum Gasteiger partial charge on any atom is -0.464 e. The Balaban J connectivity index is 3.40. The number of methoxy groups -OCH3 is 1. The summed E-state index contributed by atoms with van der Waals surface area (Å²) in [6.45, 7) is 0. The fraction of sp³-hybridized carbons (Fsp3) is 0.250. The number of alkyl halides is 3. The number of ether oxygens (including phenoxy) is 1. The number of rotatable bonds is 1. The van der Waals surface area contributed by atoms with Crippen molar-refractivity contribution in [1.29, 1.82) is 0 Å². The molecule has 0 aliphatic rings. The molecule has 0 fully saturated rings. The molecule has 1 rings (SSSR count). The van der Waals surface area contributed by atoms with E-state index in [0.717, 1.165) is 19.4 Å². The lowest BCUT2D eigenvalue weighted by atomic mass is 10.1. The number of carbonyl (C=O) groups is 1. The Kier molecular flexibility index (Phi) is 2.83. The molecule has 0 aliphatic heterocycles. The van der Waals surface area contributed by atoms with Crippen molar-refractivity contribution in [3.05, 3.63) is 23.5 Å². The number of nitrogens with two attached hydrogens (primary N) is 1. The Labute approximate surface area is 82.9 Å². The van der Waals surface area contributed by atoms with Crippen molar-refractivity contribution in [2.45, 2.75) is 6.18 Å². The second kappa shape index (κ2) is 3.76. The van der Waals surface area contributed by atoms with E-state index in [4.69, 9.17) is 5.73 Å². The van der Waals surface area contributed by atoms with Gasteiger partial charge in [0.1, 0.15) is 5.56 Å². The lowest BCUT2D eigenvalue weighted by molar-refractivity contribution is -0.137. The zero-order chi connectivity index (χ0) is 11.6. The maximum absolute atomic E-state index is 12.5. The van der Waals surface area contributed by atoms with Gasteiger partial charge in [-0.2, -0.15) is 13.2 Å². The predicted molar refractivity (Wildman–Crippen MR) is 45.0 cm³/mol. The van der Waals surface area contributed by atoms with E-state index in [0.29, 0.717) is 0 Å². The number of anilines is 1. The smallest absolute Gasteiger partial charge is 0.420 e. The molecular formula is C8H7F3N2O2. The van der Waals surface area contributed by atoms with Gasteiger partial charge >= 0.3 is 12.1 Å². The van der Waals surface area contributed by atoms with Crippen LogP contribution in [0.1, 0.15) is 16.1 Å². The first-order valence-corrected chi connectivity index (χ1v) is 3.78. The third kappa shape index (κ3) is 2.17. The molecule has 0 unspecified atom stereocenters. The third-order valence-electron chi connectivity index (χ3n) is 1.65. The minimum absolute atomic E-state index is 0.557. The van der Waals surface area contributed by atoms with Gasteiger partial charge in [0.25, 0.3) is 0 Å². The fourth-order valence-electron chi connectivity index (χ4n) is 1.03. The summed E-state index contributed by atoms with van der Waals surface area (Å²) in [5.41, 5.74) is 2.48. The molecule has 0 atom stereocenters. The van der Waals surface area contributed by atoms with E-state index in [9.17, 15) is 18.0 Å². The first-order valence-electron chi connectivity index (χ1n) is 3.78. The van der Waals surface area contributed by atoms with Crippen LogP contribution in [0.3, 0.4) is 0 Å². The normalized spacial score (nSPS) is 11.2. The summed E-state index contributed by atoms with van der Waals surface area (Å²) in [5.74, 6) is -1.17. The molecule has 1 aromatic heterocycles. The molecule has 0 spiro atoms. The predicted octanol–water partition coefficient (Wildman–Crippen LogP) is 1.47. The van der Waals surface area contributed by atoms with Gasteiger partial charge in [-0.25, -0.2) is 9.78 Å². The molecule has 0 bridgehead atoms. The standard InChI is InChI=1S/C8H7F3N2O2/c1-15-7(14)6-5(8(9,10)11)4(12)2-3-13-6/h2-3H,1H3,(H2,12,13). The fourth-order valence-corrected chi connectivity index (χ4v) is 1.03. The SMILES string of the molecule is COC(=O)c1nccc(N)c1C(F)(F)F. The Morgan fingerprint density at radius 1 is 1.53 bits per heavy atom. The number of nitrogens with zero attached hydrogens (tertiary/aromatic N) is 1. The number of esters is 1. The molecular weight excluding hydrogens is 213 g/mol. The molecule has 0 amide bonds. The van der Waals surface area contributed by atoms with Gasteiger partial charge < -0.3 is 10.5 Å². The van der Waals surface area contributed by atoms with Crippen molar-refractivity contribution in [1.82, 2.24) is 4.98 Å². The van der Waals surface area contributed by atoms with Crippen molar-refractivity contribution in [2.75, 3.05) is 12.8 Å².